The number of hydrogen-bond donors (Lipinski definition) is 0. The Labute approximate surface area is 187 Å². The summed E-state index contributed by atoms with van der Waals surface area (Å²) in [4.78, 5) is 18.5. The Kier molecular flexibility index (Phi) is 7.27. The first-order chi connectivity index (χ1) is 15.1. The molecule has 166 valence electrons. The van der Waals surface area contributed by atoms with Crippen LogP contribution in [0.4, 0.5) is 5.69 Å². The molecule has 7 nitrogen and oxygen atoms in total. The van der Waals surface area contributed by atoms with Crippen LogP contribution in [-0.2, 0) is 20.8 Å². The minimum atomic E-state index is -0.367. The number of anilines is 1. The number of esters is 1. The summed E-state index contributed by atoms with van der Waals surface area (Å²) in [5, 5.41) is 0.505. The lowest BCUT2D eigenvalue weighted by Crippen LogP contribution is -2.26. The summed E-state index contributed by atoms with van der Waals surface area (Å²) in [6, 6.07) is 9.12. The number of nitrogens with zero attached hydrogens (tertiary/aromatic N) is 2. The van der Waals surface area contributed by atoms with Crippen LogP contribution in [0.15, 0.2) is 36.5 Å². The number of halogens is 1. The van der Waals surface area contributed by atoms with Gasteiger partial charge in [-0.3, -0.25) is 0 Å². The first-order valence-corrected chi connectivity index (χ1v) is 11.0. The van der Waals surface area contributed by atoms with Gasteiger partial charge in [-0.25, -0.2) is 9.78 Å². The number of hydrogen-bond acceptors (Lipinski definition) is 7. The summed E-state index contributed by atoms with van der Waals surface area (Å²) < 4.78 is 22.6. The van der Waals surface area contributed by atoms with E-state index < -0.39 is 0 Å². The molecule has 1 aromatic carbocycles. The van der Waals surface area contributed by atoms with Gasteiger partial charge < -0.3 is 23.8 Å². The predicted octanol–water partition coefficient (Wildman–Crippen LogP) is 4.22. The first kappa shape index (κ1) is 21.9. The molecule has 2 unspecified atom stereocenters. The highest BCUT2D eigenvalue weighted by Crippen LogP contribution is 2.30. The topological polar surface area (TPSA) is 70.1 Å². The standard InChI is InChI=1S/C23H27ClN2O5/c1-28-23(27)16-7-8-20(17(13-16)15-30-21-6-2-3-12-29-21)26-11-9-18(14-26)31-22-19(24)5-4-10-25-22/h4-5,7-8,10,13,18,21H,2-3,6,9,11-12,14-15H2,1H3. The molecule has 2 fully saturated rings. The van der Waals surface area contributed by atoms with Crippen molar-refractivity contribution in [1.29, 1.82) is 0 Å². The van der Waals surface area contributed by atoms with Crippen LogP contribution in [0.3, 0.4) is 0 Å². The summed E-state index contributed by atoms with van der Waals surface area (Å²) in [6.45, 7) is 2.59. The molecule has 0 bridgehead atoms. The average molecular weight is 447 g/mol. The average Bonchev–Trinajstić information content (AvgIpc) is 3.27. The third-order valence-corrected chi connectivity index (χ3v) is 5.84. The Morgan fingerprint density at radius 3 is 2.97 bits per heavy atom. The molecule has 8 heteroatoms. The van der Waals surface area contributed by atoms with Gasteiger partial charge in [0.1, 0.15) is 11.1 Å². The lowest BCUT2D eigenvalue weighted by Gasteiger charge is -2.26. The number of rotatable bonds is 7. The first-order valence-electron chi connectivity index (χ1n) is 10.6. The van der Waals surface area contributed by atoms with Crippen molar-refractivity contribution in [3.63, 3.8) is 0 Å². The van der Waals surface area contributed by atoms with Gasteiger partial charge in [-0.2, -0.15) is 0 Å². The van der Waals surface area contributed by atoms with E-state index in [4.69, 9.17) is 30.5 Å². The molecule has 0 N–H and O–H groups in total. The third kappa shape index (κ3) is 5.47. The molecular formula is C23H27ClN2O5. The fourth-order valence-electron chi connectivity index (χ4n) is 3.94. The van der Waals surface area contributed by atoms with Gasteiger partial charge in [0.15, 0.2) is 6.29 Å². The van der Waals surface area contributed by atoms with Gasteiger partial charge in [0.05, 0.1) is 25.8 Å². The van der Waals surface area contributed by atoms with Crippen LogP contribution in [-0.4, -0.2) is 50.2 Å². The fraction of sp³-hybridized carbons (Fsp3) is 0.478. The van der Waals surface area contributed by atoms with Gasteiger partial charge >= 0.3 is 5.97 Å². The number of aromatic nitrogens is 1. The minimum Gasteiger partial charge on any atom is -0.471 e. The predicted molar refractivity (Wildman–Crippen MR) is 117 cm³/mol. The molecule has 4 rings (SSSR count). The Hall–Kier alpha value is -2.35. The Balaban J connectivity index is 1.48. The normalized spacial score (nSPS) is 21.2. The molecule has 3 heterocycles. The number of ether oxygens (including phenoxy) is 4. The number of carbonyl (C=O) groups excluding carboxylic acids is 1. The Morgan fingerprint density at radius 1 is 1.29 bits per heavy atom. The fourth-order valence-corrected chi connectivity index (χ4v) is 4.10. The van der Waals surface area contributed by atoms with Crippen LogP contribution < -0.4 is 9.64 Å². The Morgan fingerprint density at radius 2 is 2.19 bits per heavy atom. The van der Waals surface area contributed by atoms with E-state index in [9.17, 15) is 4.79 Å². The smallest absolute Gasteiger partial charge is 0.337 e. The Bertz CT molecular complexity index is 903. The number of pyridine rings is 1. The molecular weight excluding hydrogens is 420 g/mol. The molecule has 2 aromatic rings. The highest BCUT2D eigenvalue weighted by molar-refractivity contribution is 6.31. The van der Waals surface area contributed by atoms with E-state index in [1.807, 2.05) is 12.1 Å². The van der Waals surface area contributed by atoms with E-state index in [0.29, 0.717) is 29.6 Å². The lowest BCUT2D eigenvalue weighted by atomic mass is 10.1. The third-order valence-electron chi connectivity index (χ3n) is 5.55. The number of methoxy groups -OCH3 is 1. The highest BCUT2D eigenvalue weighted by Gasteiger charge is 2.27. The molecule has 0 spiro atoms. The quantitative estimate of drug-likeness (QED) is 0.589. The van der Waals surface area contributed by atoms with Gasteiger partial charge in [0.25, 0.3) is 0 Å². The van der Waals surface area contributed by atoms with Crippen molar-refractivity contribution >= 4 is 23.3 Å². The maximum Gasteiger partial charge on any atom is 0.337 e. The zero-order chi connectivity index (χ0) is 21.6. The maximum absolute atomic E-state index is 12.1. The molecule has 2 aliphatic rings. The largest absolute Gasteiger partial charge is 0.471 e. The van der Waals surface area contributed by atoms with Gasteiger partial charge in [-0.1, -0.05) is 11.6 Å². The molecule has 2 aliphatic heterocycles. The molecule has 0 aliphatic carbocycles. The van der Waals surface area contributed by atoms with Gasteiger partial charge in [0.2, 0.25) is 5.88 Å². The number of carbonyl (C=O) groups is 1. The van der Waals surface area contributed by atoms with Crippen molar-refractivity contribution in [2.24, 2.45) is 0 Å². The van der Waals surface area contributed by atoms with Gasteiger partial charge in [0, 0.05) is 37.0 Å². The van der Waals surface area contributed by atoms with E-state index in [1.54, 1.807) is 24.4 Å². The summed E-state index contributed by atoms with van der Waals surface area (Å²) in [5.74, 6) is 0.0872. The summed E-state index contributed by atoms with van der Waals surface area (Å²) >= 11 is 6.18. The van der Waals surface area contributed by atoms with Crippen molar-refractivity contribution in [3.05, 3.63) is 52.7 Å². The molecule has 0 radical (unpaired) electrons. The lowest BCUT2D eigenvalue weighted by molar-refractivity contribution is -0.168. The maximum atomic E-state index is 12.1. The van der Waals surface area contributed by atoms with Crippen LogP contribution in [0.25, 0.3) is 0 Å². The second kappa shape index (κ2) is 10.3. The summed E-state index contributed by atoms with van der Waals surface area (Å²) in [5.41, 5.74) is 2.44. The molecule has 2 atom stereocenters. The minimum absolute atomic E-state index is 0.0249. The van der Waals surface area contributed by atoms with Crippen LogP contribution in [0.1, 0.15) is 41.6 Å². The van der Waals surface area contributed by atoms with E-state index in [-0.39, 0.29) is 18.4 Å². The molecule has 0 saturated carbocycles. The van der Waals surface area contributed by atoms with Crippen molar-refractivity contribution in [3.8, 4) is 5.88 Å². The molecule has 0 amide bonds. The zero-order valence-corrected chi connectivity index (χ0v) is 18.3. The highest BCUT2D eigenvalue weighted by atomic mass is 35.5. The van der Waals surface area contributed by atoms with Crippen molar-refractivity contribution in [1.82, 2.24) is 4.98 Å². The molecule has 2 saturated heterocycles. The second-order valence-corrected chi connectivity index (χ2v) is 8.11. The van der Waals surface area contributed by atoms with Crippen LogP contribution in [0.2, 0.25) is 5.02 Å². The van der Waals surface area contributed by atoms with Crippen LogP contribution in [0, 0.1) is 0 Å². The second-order valence-electron chi connectivity index (χ2n) is 7.71. The molecule has 1 aromatic heterocycles. The molecule has 31 heavy (non-hydrogen) atoms. The monoisotopic (exact) mass is 446 g/mol. The van der Waals surface area contributed by atoms with E-state index >= 15 is 0 Å². The van der Waals surface area contributed by atoms with Crippen LogP contribution in [0.5, 0.6) is 5.88 Å². The summed E-state index contributed by atoms with van der Waals surface area (Å²) in [6.07, 6.45) is 5.34. The SMILES string of the molecule is COC(=O)c1ccc(N2CCC(Oc3ncccc3Cl)C2)c(COC2CCCCO2)c1. The zero-order valence-electron chi connectivity index (χ0n) is 17.6. The van der Waals surface area contributed by atoms with Gasteiger partial charge in [-0.15, -0.1) is 0 Å². The van der Waals surface area contributed by atoms with Gasteiger partial charge in [-0.05, 0) is 49.6 Å². The van der Waals surface area contributed by atoms with E-state index in [0.717, 1.165) is 50.1 Å². The van der Waals surface area contributed by atoms with Crippen LogP contribution >= 0.6 is 11.6 Å². The van der Waals surface area contributed by atoms with Crippen molar-refractivity contribution in [2.45, 2.75) is 44.7 Å². The van der Waals surface area contributed by atoms with Crippen molar-refractivity contribution < 1.29 is 23.7 Å². The summed E-state index contributed by atoms with van der Waals surface area (Å²) in [7, 11) is 1.38. The van der Waals surface area contributed by atoms with Crippen molar-refractivity contribution in [2.75, 3.05) is 31.7 Å². The van der Waals surface area contributed by atoms with E-state index in [2.05, 4.69) is 9.88 Å². The number of benzene rings is 1. The van der Waals surface area contributed by atoms with E-state index in [1.165, 1.54) is 7.11 Å².